The first-order chi connectivity index (χ1) is 11.6. The Morgan fingerprint density at radius 1 is 1.17 bits per heavy atom. The number of carbonyl (C=O) groups is 1. The molecule has 0 fully saturated rings. The molecular weight excluding hydrogens is 307 g/mol. The van der Waals surface area contributed by atoms with E-state index in [2.05, 4.69) is 10.3 Å². The summed E-state index contributed by atoms with van der Waals surface area (Å²) in [6.45, 7) is 0.278. The molecule has 0 radical (unpaired) electrons. The van der Waals surface area contributed by atoms with Gasteiger partial charge in [-0.3, -0.25) is 9.78 Å². The molecule has 0 saturated heterocycles. The largest absolute Gasteiger partial charge is 0.388 e. The molecule has 0 spiro atoms. The second kappa shape index (κ2) is 7.19. The molecule has 0 aliphatic rings. The van der Waals surface area contributed by atoms with E-state index in [9.17, 15) is 14.3 Å². The number of hydrogen-bond donors (Lipinski definition) is 2. The van der Waals surface area contributed by atoms with E-state index in [4.69, 9.17) is 0 Å². The predicted octanol–water partition coefficient (Wildman–Crippen LogP) is 3.23. The minimum Gasteiger partial charge on any atom is -0.388 e. The number of hydrogen-bond acceptors (Lipinski definition) is 3. The zero-order chi connectivity index (χ0) is 16.9. The lowest BCUT2D eigenvalue weighted by atomic mass is 10.1. The third-order valence-corrected chi connectivity index (χ3v) is 3.80. The molecule has 1 atom stereocenters. The van der Waals surface area contributed by atoms with Crippen LogP contribution < -0.4 is 5.32 Å². The first kappa shape index (κ1) is 16.1. The summed E-state index contributed by atoms with van der Waals surface area (Å²) in [5.74, 6) is -0.886. The standard InChI is InChI=1S/C19H17FN2O2/c20-15-11-14-7-4-9-21-18(14)16(12-15)19(24)22-10-8-17(23)13-5-2-1-3-6-13/h1-7,9,11-12,17,23H,8,10H2,(H,22,24). The Balaban J connectivity index is 1.68. The second-order valence-corrected chi connectivity index (χ2v) is 5.50. The summed E-state index contributed by atoms with van der Waals surface area (Å²) in [5, 5.41) is 13.4. The summed E-state index contributed by atoms with van der Waals surface area (Å²) in [6.07, 6.45) is 1.28. The van der Waals surface area contributed by atoms with Gasteiger partial charge in [-0.1, -0.05) is 36.4 Å². The molecule has 1 amide bonds. The molecule has 5 heteroatoms. The molecule has 0 bridgehead atoms. The van der Waals surface area contributed by atoms with E-state index >= 15 is 0 Å². The van der Waals surface area contributed by atoms with Gasteiger partial charge in [0.1, 0.15) is 5.82 Å². The van der Waals surface area contributed by atoms with Crippen LogP contribution in [0.4, 0.5) is 4.39 Å². The Kier molecular flexibility index (Phi) is 4.82. The van der Waals surface area contributed by atoms with Crippen LogP contribution in [0.15, 0.2) is 60.8 Å². The van der Waals surface area contributed by atoms with E-state index in [1.807, 2.05) is 30.3 Å². The number of amides is 1. The number of nitrogens with zero attached hydrogens (tertiary/aromatic N) is 1. The molecule has 0 aliphatic carbocycles. The van der Waals surface area contributed by atoms with E-state index in [0.29, 0.717) is 17.3 Å². The molecule has 3 rings (SSSR count). The fraction of sp³-hybridized carbons (Fsp3) is 0.158. The molecule has 1 heterocycles. The zero-order valence-electron chi connectivity index (χ0n) is 12.9. The van der Waals surface area contributed by atoms with Crippen molar-refractivity contribution >= 4 is 16.8 Å². The van der Waals surface area contributed by atoms with Crippen LogP contribution in [0.3, 0.4) is 0 Å². The minimum atomic E-state index is -0.658. The fourth-order valence-electron chi connectivity index (χ4n) is 2.59. The quantitative estimate of drug-likeness (QED) is 0.757. The summed E-state index contributed by atoms with van der Waals surface area (Å²) >= 11 is 0. The maximum atomic E-state index is 13.7. The summed E-state index contributed by atoms with van der Waals surface area (Å²) < 4.78 is 13.7. The zero-order valence-corrected chi connectivity index (χ0v) is 12.9. The van der Waals surface area contributed by atoms with Crippen molar-refractivity contribution in [3.05, 3.63) is 77.7 Å². The number of rotatable bonds is 5. The van der Waals surface area contributed by atoms with Gasteiger partial charge in [-0.05, 0) is 30.2 Å². The number of aromatic nitrogens is 1. The van der Waals surface area contributed by atoms with Crippen molar-refractivity contribution in [3.8, 4) is 0 Å². The number of carbonyl (C=O) groups excluding carboxylic acids is 1. The average Bonchev–Trinajstić information content (AvgIpc) is 2.61. The number of halogens is 1. The Labute approximate surface area is 139 Å². The predicted molar refractivity (Wildman–Crippen MR) is 90.1 cm³/mol. The van der Waals surface area contributed by atoms with Crippen LogP contribution in [-0.4, -0.2) is 22.5 Å². The molecule has 1 aromatic heterocycles. The number of pyridine rings is 1. The van der Waals surface area contributed by atoms with Gasteiger partial charge in [-0.25, -0.2) is 4.39 Å². The van der Waals surface area contributed by atoms with Crippen LogP contribution in [0, 0.1) is 5.82 Å². The highest BCUT2D eigenvalue weighted by Crippen LogP contribution is 2.19. The van der Waals surface area contributed by atoms with Crippen molar-refractivity contribution < 1.29 is 14.3 Å². The Morgan fingerprint density at radius 2 is 1.96 bits per heavy atom. The van der Waals surface area contributed by atoms with E-state index in [0.717, 1.165) is 5.56 Å². The van der Waals surface area contributed by atoms with Crippen LogP contribution in [-0.2, 0) is 0 Å². The highest BCUT2D eigenvalue weighted by Gasteiger charge is 2.14. The Morgan fingerprint density at radius 3 is 2.75 bits per heavy atom. The normalized spacial score (nSPS) is 12.1. The second-order valence-electron chi connectivity index (χ2n) is 5.50. The van der Waals surface area contributed by atoms with Gasteiger partial charge in [0.25, 0.3) is 5.91 Å². The van der Waals surface area contributed by atoms with E-state index in [1.165, 1.54) is 12.1 Å². The first-order valence-corrected chi connectivity index (χ1v) is 7.70. The topological polar surface area (TPSA) is 62.2 Å². The number of aliphatic hydroxyl groups excluding tert-OH is 1. The van der Waals surface area contributed by atoms with Gasteiger partial charge in [0.15, 0.2) is 0 Å². The lowest BCUT2D eigenvalue weighted by molar-refractivity contribution is 0.0943. The Hall–Kier alpha value is -2.79. The van der Waals surface area contributed by atoms with Gasteiger partial charge < -0.3 is 10.4 Å². The molecule has 122 valence electrons. The van der Waals surface area contributed by atoms with Crippen LogP contribution in [0.2, 0.25) is 0 Å². The van der Waals surface area contributed by atoms with Gasteiger partial charge >= 0.3 is 0 Å². The third kappa shape index (κ3) is 3.58. The van der Waals surface area contributed by atoms with Crippen LogP contribution in [0.1, 0.15) is 28.4 Å². The summed E-state index contributed by atoms with van der Waals surface area (Å²) in [6, 6.07) is 15.2. The van der Waals surface area contributed by atoms with Crippen LogP contribution in [0.25, 0.3) is 10.9 Å². The molecule has 2 aromatic carbocycles. The number of aliphatic hydroxyl groups is 1. The van der Waals surface area contributed by atoms with Crippen molar-refractivity contribution in [2.75, 3.05) is 6.54 Å². The first-order valence-electron chi connectivity index (χ1n) is 7.70. The van der Waals surface area contributed by atoms with Crippen LogP contribution in [0.5, 0.6) is 0 Å². The van der Waals surface area contributed by atoms with Gasteiger partial charge in [-0.2, -0.15) is 0 Å². The minimum absolute atomic E-state index is 0.194. The highest BCUT2D eigenvalue weighted by atomic mass is 19.1. The Bertz CT molecular complexity index is 852. The monoisotopic (exact) mass is 324 g/mol. The lowest BCUT2D eigenvalue weighted by Crippen LogP contribution is -2.26. The fourth-order valence-corrected chi connectivity index (χ4v) is 2.59. The van der Waals surface area contributed by atoms with Gasteiger partial charge in [0.05, 0.1) is 17.2 Å². The average molecular weight is 324 g/mol. The van der Waals surface area contributed by atoms with Gasteiger partial charge in [0.2, 0.25) is 0 Å². The molecule has 1 unspecified atom stereocenters. The number of benzene rings is 2. The maximum Gasteiger partial charge on any atom is 0.253 e. The molecule has 4 nitrogen and oxygen atoms in total. The smallest absolute Gasteiger partial charge is 0.253 e. The molecule has 2 N–H and O–H groups in total. The third-order valence-electron chi connectivity index (χ3n) is 3.80. The van der Waals surface area contributed by atoms with Crippen molar-refractivity contribution in [3.63, 3.8) is 0 Å². The van der Waals surface area contributed by atoms with Crippen molar-refractivity contribution in [1.82, 2.24) is 10.3 Å². The molecule has 3 aromatic rings. The number of nitrogens with one attached hydrogen (secondary N) is 1. The molecule has 0 saturated carbocycles. The van der Waals surface area contributed by atoms with Crippen molar-refractivity contribution in [2.24, 2.45) is 0 Å². The SMILES string of the molecule is O=C(NCCC(O)c1ccccc1)c1cc(F)cc2cccnc12. The lowest BCUT2D eigenvalue weighted by Gasteiger charge is -2.12. The van der Waals surface area contributed by atoms with E-state index in [1.54, 1.807) is 18.3 Å². The van der Waals surface area contributed by atoms with Gasteiger partial charge in [0, 0.05) is 18.1 Å². The van der Waals surface area contributed by atoms with E-state index < -0.39 is 17.8 Å². The maximum absolute atomic E-state index is 13.7. The van der Waals surface area contributed by atoms with Crippen LogP contribution >= 0.6 is 0 Å². The van der Waals surface area contributed by atoms with Crippen molar-refractivity contribution in [1.29, 1.82) is 0 Å². The number of fused-ring (bicyclic) bond motifs is 1. The summed E-state index contributed by atoms with van der Waals surface area (Å²) in [5.41, 5.74) is 1.45. The van der Waals surface area contributed by atoms with Crippen molar-refractivity contribution in [2.45, 2.75) is 12.5 Å². The molecular formula is C19H17FN2O2. The summed E-state index contributed by atoms with van der Waals surface area (Å²) in [7, 11) is 0. The summed E-state index contributed by atoms with van der Waals surface area (Å²) in [4.78, 5) is 16.5. The van der Waals surface area contributed by atoms with E-state index in [-0.39, 0.29) is 12.1 Å². The molecule has 0 aliphatic heterocycles. The molecule has 24 heavy (non-hydrogen) atoms. The highest BCUT2D eigenvalue weighted by molar-refractivity contribution is 6.05. The van der Waals surface area contributed by atoms with Gasteiger partial charge in [-0.15, -0.1) is 0 Å².